The summed E-state index contributed by atoms with van der Waals surface area (Å²) in [4.78, 5) is 2.71. The van der Waals surface area contributed by atoms with Crippen molar-refractivity contribution >= 4 is 0 Å². The average molecular weight is 378 g/mol. The van der Waals surface area contributed by atoms with Crippen molar-refractivity contribution in [1.82, 2.24) is 4.90 Å². The molecule has 0 aliphatic rings. The lowest BCUT2D eigenvalue weighted by Gasteiger charge is -2.25. The first-order chi connectivity index (χ1) is 13.8. The van der Waals surface area contributed by atoms with Gasteiger partial charge in [-0.25, -0.2) is 0 Å². The first-order valence-electron chi connectivity index (χ1n) is 11.3. The van der Waals surface area contributed by atoms with Crippen molar-refractivity contribution in [2.24, 2.45) is 0 Å². The standard InChI is InChI=1S/C27H39N/c1-3-5-7-15-22-28(21-14-6-4-2)23-20-27(26-18-12-9-13-19-26)24-25-16-10-8-11-17-25/h3,5,8-13,16-19,27H,4,6-7,14-15,20-24H2,1-2H3/b5-3+. The van der Waals surface area contributed by atoms with E-state index in [4.69, 9.17) is 0 Å². The van der Waals surface area contributed by atoms with E-state index >= 15 is 0 Å². The minimum Gasteiger partial charge on any atom is -0.303 e. The summed E-state index contributed by atoms with van der Waals surface area (Å²) in [5.41, 5.74) is 2.93. The van der Waals surface area contributed by atoms with Crippen molar-refractivity contribution in [3.63, 3.8) is 0 Å². The molecule has 0 saturated heterocycles. The maximum absolute atomic E-state index is 2.71. The minimum absolute atomic E-state index is 0.591. The third kappa shape index (κ3) is 8.89. The summed E-state index contributed by atoms with van der Waals surface area (Å²) in [7, 11) is 0. The topological polar surface area (TPSA) is 3.24 Å². The summed E-state index contributed by atoms with van der Waals surface area (Å²) in [6, 6.07) is 22.1. The molecule has 152 valence electrons. The molecule has 1 unspecified atom stereocenters. The molecular formula is C27H39N. The van der Waals surface area contributed by atoms with E-state index in [1.807, 2.05) is 0 Å². The van der Waals surface area contributed by atoms with Gasteiger partial charge in [0.1, 0.15) is 0 Å². The van der Waals surface area contributed by atoms with Crippen LogP contribution in [0.15, 0.2) is 72.8 Å². The molecule has 0 bridgehead atoms. The average Bonchev–Trinajstić information content (AvgIpc) is 2.75. The summed E-state index contributed by atoms with van der Waals surface area (Å²) >= 11 is 0. The first-order valence-corrected chi connectivity index (χ1v) is 11.3. The van der Waals surface area contributed by atoms with Crippen LogP contribution in [0.4, 0.5) is 0 Å². The van der Waals surface area contributed by atoms with Gasteiger partial charge in [-0.15, -0.1) is 0 Å². The molecule has 1 nitrogen and oxygen atoms in total. The largest absolute Gasteiger partial charge is 0.303 e. The van der Waals surface area contributed by atoms with Gasteiger partial charge in [0.2, 0.25) is 0 Å². The van der Waals surface area contributed by atoms with E-state index in [-0.39, 0.29) is 0 Å². The number of allylic oxidation sites excluding steroid dienone is 2. The molecular weight excluding hydrogens is 338 g/mol. The van der Waals surface area contributed by atoms with Gasteiger partial charge in [-0.2, -0.15) is 0 Å². The smallest absolute Gasteiger partial charge is 0.00128 e. The Morgan fingerprint density at radius 1 is 0.821 bits per heavy atom. The zero-order chi connectivity index (χ0) is 19.9. The molecule has 2 rings (SSSR count). The lowest BCUT2D eigenvalue weighted by atomic mass is 9.89. The van der Waals surface area contributed by atoms with Gasteiger partial charge in [0.25, 0.3) is 0 Å². The molecule has 0 aromatic heterocycles. The molecule has 0 radical (unpaired) electrons. The zero-order valence-corrected chi connectivity index (χ0v) is 18.0. The van der Waals surface area contributed by atoms with Crippen LogP contribution in [0.25, 0.3) is 0 Å². The van der Waals surface area contributed by atoms with Crippen molar-refractivity contribution < 1.29 is 0 Å². The van der Waals surface area contributed by atoms with Crippen LogP contribution in [-0.2, 0) is 6.42 Å². The number of benzene rings is 2. The predicted molar refractivity (Wildman–Crippen MR) is 124 cm³/mol. The normalized spacial score (nSPS) is 12.7. The number of hydrogen-bond donors (Lipinski definition) is 0. The highest BCUT2D eigenvalue weighted by Crippen LogP contribution is 2.25. The molecule has 0 spiro atoms. The number of nitrogens with zero attached hydrogens (tertiary/aromatic N) is 1. The lowest BCUT2D eigenvalue weighted by Crippen LogP contribution is -2.28. The summed E-state index contributed by atoms with van der Waals surface area (Å²) < 4.78 is 0. The van der Waals surface area contributed by atoms with Gasteiger partial charge in [-0.1, -0.05) is 92.6 Å². The molecule has 1 heteroatoms. The van der Waals surface area contributed by atoms with Gasteiger partial charge >= 0.3 is 0 Å². The molecule has 0 amide bonds. The van der Waals surface area contributed by atoms with Crippen LogP contribution in [0.5, 0.6) is 0 Å². The van der Waals surface area contributed by atoms with Crippen LogP contribution < -0.4 is 0 Å². The van der Waals surface area contributed by atoms with Gasteiger partial charge in [-0.3, -0.25) is 0 Å². The molecule has 0 aliphatic carbocycles. The Morgan fingerprint density at radius 2 is 1.50 bits per heavy atom. The van der Waals surface area contributed by atoms with E-state index < -0.39 is 0 Å². The van der Waals surface area contributed by atoms with Crippen molar-refractivity contribution in [3.8, 4) is 0 Å². The summed E-state index contributed by atoms with van der Waals surface area (Å²) in [5.74, 6) is 0.591. The molecule has 2 aromatic rings. The van der Waals surface area contributed by atoms with Crippen molar-refractivity contribution in [1.29, 1.82) is 0 Å². The molecule has 1 atom stereocenters. The highest BCUT2D eigenvalue weighted by Gasteiger charge is 2.14. The van der Waals surface area contributed by atoms with Gasteiger partial charge in [0.05, 0.1) is 0 Å². The molecule has 0 saturated carbocycles. The number of unbranched alkanes of at least 4 members (excludes halogenated alkanes) is 3. The molecule has 0 fully saturated rings. The fraction of sp³-hybridized carbons (Fsp3) is 0.481. The Balaban J connectivity index is 1.98. The summed E-state index contributed by atoms with van der Waals surface area (Å²) in [6.45, 7) is 8.08. The molecule has 0 N–H and O–H groups in total. The third-order valence-corrected chi connectivity index (χ3v) is 5.55. The van der Waals surface area contributed by atoms with Crippen LogP contribution in [0, 0.1) is 0 Å². The van der Waals surface area contributed by atoms with E-state index in [2.05, 4.69) is 91.6 Å². The van der Waals surface area contributed by atoms with E-state index in [0.29, 0.717) is 5.92 Å². The van der Waals surface area contributed by atoms with Crippen LogP contribution in [0.1, 0.15) is 69.4 Å². The van der Waals surface area contributed by atoms with Gasteiger partial charge in [-0.05, 0) is 75.7 Å². The summed E-state index contributed by atoms with van der Waals surface area (Å²) in [5, 5.41) is 0. The van der Waals surface area contributed by atoms with Gasteiger partial charge < -0.3 is 4.90 Å². The second-order valence-electron chi connectivity index (χ2n) is 7.85. The van der Waals surface area contributed by atoms with E-state index in [9.17, 15) is 0 Å². The fourth-order valence-corrected chi connectivity index (χ4v) is 3.87. The molecule has 0 heterocycles. The second kappa shape index (κ2) is 14.2. The maximum atomic E-state index is 2.71. The van der Waals surface area contributed by atoms with Crippen molar-refractivity contribution in [2.45, 2.75) is 64.7 Å². The third-order valence-electron chi connectivity index (χ3n) is 5.55. The Morgan fingerprint density at radius 3 is 2.18 bits per heavy atom. The van der Waals surface area contributed by atoms with E-state index in [0.717, 1.165) is 6.42 Å². The Hall–Kier alpha value is -1.86. The number of rotatable bonds is 14. The van der Waals surface area contributed by atoms with Crippen molar-refractivity contribution in [3.05, 3.63) is 83.9 Å². The van der Waals surface area contributed by atoms with Crippen molar-refractivity contribution in [2.75, 3.05) is 19.6 Å². The maximum Gasteiger partial charge on any atom is -0.00128 e. The second-order valence-corrected chi connectivity index (χ2v) is 7.85. The van der Waals surface area contributed by atoms with Gasteiger partial charge in [0.15, 0.2) is 0 Å². The molecule has 0 aliphatic heterocycles. The summed E-state index contributed by atoms with van der Waals surface area (Å²) in [6.07, 6.45) is 13.3. The zero-order valence-electron chi connectivity index (χ0n) is 18.0. The minimum atomic E-state index is 0.591. The first kappa shape index (κ1) is 22.4. The Bertz CT molecular complexity index is 632. The van der Waals surface area contributed by atoms with Crippen LogP contribution in [0.2, 0.25) is 0 Å². The highest BCUT2D eigenvalue weighted by atomic mass is 15.1. The monoisotopic (exact) mass is 377 g/mol. The number of hydrogen-bond acceptors (Lipinski definition) is 1. The Kier molecular flexibility index (Phi) is 11.4. The molecule has 28 heavy (non-hydrogen) atoms. The van der Waals surface area contributed by atoms with Gasteiger partial charge in [0, 0.05) is 0 Å². The predicted octanol–water partition coefficient (Wildman–Crippen LogP) is 7.25. The highest BCUT2D eigenvalue weighted by molar-refractivity contribution is 5.24. The fourth-order valence-electron chi connectivity index (χ4n) is 3.87. The quantitative estimate of drug-likeness (QED) is 0.247. The van der Waals surface area contributed by atoms with E-state index in [1.165, 1.54) is 69.3 Å². The van der Waals surface area contributed by atoms with Crippen LogP contribution in [-0.4, -0.2) is 24.5 Å². The van der Waals surface area contributed by atoms with Crippen LogP contribution >= 0.6 is 0 Å². The molecule has 2 aromatic carbocycles. The van der Waals surface area contributed by atoms with Crippen LogP contribution in [0.3, 0.4) is 0 Å². The Labute approximate surface area is 173 Å². The SMILES string of the molecule is C/C=C/CCCN(CCCCC)CCC(Cc1ccccc1)c1ccccc1. The lowest BCUT2D eigenvalue weighted by molar-refractivity contribution is 0.254. The van der Waals surface area contributed by atoms with E-state index in [1.54, 1.807) is 0 Å².